The van der Waals surface area contributed by atoms with E-state index in [-0.39, 0.29) is 0 Å². The summed E-state index contributed by atoms with van der Waals surface area (Å²) in [7, 11) is 1.69. The predicted molar refractivity (Wildman–Crippen MR) is 82.8 cm³/mol. The number of rotatable bonds is 9. The average Bonchev–Trinajstić information content (AvgIpc) is 2.99. The second-order valence-electron chi connectivity index (χ2n) is 4.55. The molecule has 0 radical (unpaired) electrons. The van der Waals surface area contributed by atoms with Crippen molar-refractivity contribution in [2.75, 3.05) is 26.9 Å². The Hall–Kier alpha value is -1.56. The molecule has 1 N–H and O–H groups in total. The molecule has 0 atom stereocenters. The van der Waals surface area contributed by atoms with Crippen LogP contribution in [0.4, 0.5) is 0 Å². The first-order valence-electron chi connectivity index (χ1n) is 6.87. The Labute approximate surface area is 129 Å². The molecule has 1 aromatic carbocycles. The van der Waals surface area contributed by atoms with Gasteiger partial charge in [0.15, 0.2) is 0 Å². The molecule has 6 heteroatoms. The highest BCUT2D eigenvalue weighted by Gasteiger charge is 2.08. The van der Waals surface area contributed by atoms with Gasteiger partial charge in [-0.15, -0.1) is 0 Å². The smallest absolute Gasteiger partial charge is 0.142 e. The van der Waals surface area contributed by atoms with Crippen LogP contribution in [0.15, 0.2) is 36.9 Å². The van der Waals surface area contributed by atoms with Crippen molar-refractivity contribution < 1.29 is 9.47 Å². The molecule has 1 heterocycles. The molecule has 0 spiro atoms. The van der Waals surface area contributed by atoms with Crippen LogP contribution in [0.25, 0.3) is 0 Å². The third kappa shape index (κ3) is 5.04. The van der Waals surface area contributed by atoms with E-state index >= 15 is 0 Å². The maximum Gasteiger partial charge on any atom is 0.142 e. The minimum Gasteiger partial charge on any atom is -0.490 e. The van der Waals surface area contributed by atoms with E-state index < -0.39 is 0 Å². The van der Waals surface area contributed by atoms with Crippen LogP contribution in [0.3, 0.4) is 0 Å². The number of nitrogens with zero attached hydrogens (tertiary/aromatic N) is 2. The molecule has 2 rings (SSSR count). The Bertz CT molecular complexity index is 532. The topological polar surface area (TPSA) is 48.3 Å². The van der Waals surface area contributed by atoms with Gasteiger partial charge < -0.3 is 19.4 Å². The average molecular weight is 310 g/mol. The number of imidazole rings is 1. The second kappa shape index (κ2) is 8.67. The fraction of sp³-hybridized carbons (Fsp3) is 0.400. The van der Waals surface area contributed by atoms with Gasteiger partial charge >= 0.3 is 0 Å². The summed E-state index contributed by atoms with van der Waals surface area (Å²) in [6.07, 6.45) is 5.42. The SMILES string of the molecule is COCCNCc1cccc(Cl)c1OCCn1ccnc1. The number of nitrogens with one attached hydrogen (secondary N) is 1. The maximum atomic E-state index is 6.23. The molecular formula is C15H20ClN3O2. The van der Waals surface area contributed by atoms with Crippen molar-refractivity contribution in [2.45, 2.75) is 13.1 Å². The van der Waals surface area contributed by atoms with E-state index in [1.807, 2.05) is 29.0 Å². The van der Waals surface area contributed by atoms with Crippen LogP contribution in [-0.4, -0.2) is 36.4 Å². The molecule has 0 saturated heterocycles. The normalized spacial score (nSPS) is 10.8. The molecule has 0 amide bonds. The monoisotopic (exact) mass is 309 g/mol. The van der Waals surface area contributed by atoms with Crippen LogP contribution in [0.2, 0.25) is 5.02 Å². The first kappa shape index (κ1) is 15.8. The summed E-state index contributed by atoms with van der Waals surface area (Å²) in [5, 5.41) is 3.93. The number of para-hydroxylation sites is 1. The maximum absolute atomic E-state index is 6.23. The van der Waals surface area contributed by atoms with E-state index in [9.17, 15) is 0 Å². The molecule has 1 aromatic heterocycles. The zero-order valence-corrected chi connectivity index (χ0v) is 12.8. The zero-order valence-electron chi connectivity index (χ0n) is 12.1. The van der Waals surface area contributed by atoms with Crippen molar-refractivity contribution in [3.8, 4) is 5.75 Å². The number of benzene rings is 1. The Morgan fingerprint density at radius 2 is 2.24 bits per heavy atom. The molecule has 0 aliphatic heterocycles. The lowest BCUT2D eigenvalue weighted by Crippen LogP contribution is -2.19. The summed E-state index contributed by atoms with van der Waals surface area (Å²) in [6.45, 7) is 3.45. The first-order valence-corrected chi connectivity index (χ1v) is 7.24. The molecule has 114 valence electrons. The van der Waals surface area contributed by atoms with Gasteiger partial charge in [-0.05, 0) is 6.07 Å². The lowest BCUT2D eigenvalue weighted by molar-refractivity contribution is 0.199. The Kier molecular flexibility index (Phi) is 6.53. The third-order valence-electron chi connectivity index (χ3n) is 3.00. The molecule has 0 fully saturated rings. The molecule has 0 aliphatic rings. The van der Waals surface area contributed by atoms with E-state index in [2.05, 4.69) is 10.3 Å². The summed E-state index contributed by atoms with van der Waals surface area (Å²) in [5.74, 6) is 0.740. The van der Waals surface area contributed by atoms with Gasteiger partial charge in [0, 0.05) is 38.2 Å². The Morgan fingerprint density at radius 1 is 1.33 bits per heavy atom. The van der Waals surface area contributed by atoms with Crippen molar-refractivity contribution >= 4 is 11.6 Å². The summed E-state index contributed by atoms with van der Waals surface area (Å²) >= 11 is 6.23. The highest BCUT2D eigenvalue weighted by Crippen LogP contribution is 2.28. The van der Waals surface area contributed by atoms with E-state index in [1.54, 1.807) is 19.6 Å². The second-order valence-corrected chi connectivity index (χ2v) is 4.95. The van der Waals surface area contributed by atoms with E-state index in [0.29, 0.717) is 24.8 Å². The quantitative estimate of drug-likeness (QED) is 0.722. The van der Waals surface area contributed by atoms with Gasteiger partial charge in [-0.2, -0.15) is 0 Å². The van der Waals surface area contributed by atoms with Crippen molar-refractivity contribution in [3.05, 3.63) is 47.5 Å². The lowest BCUT2D eigenvalue weighted by Gasteiger charge is -2.14. The summed E-state index contributed by atoms with van der Waals surface area (Å²) in [6, 6.07) is 5.78. The summed E-state index contributed by atoms with van der Waals surface area (Å²) in [5.41, 5.74) is 1.05. The van der Waals surface area contributed by atoms with Crippen molar-refractivity contribution in [3.63, 3.8) is 0 Å². The first-order chi connectivity index (χ1) is 10.3. The van der Waals surface area contributed by atoms with Crippen molar-refractivity contribution in [1.82, 2.24) is 14.9 Å². The van der Waals surface area contributed by atoms with Crippen LogP contribution in [-0.2, 0) is 17.8 Å². The van der Waals surface area contributed by atoms with Crippen LogP contribution in [0, 0.1) is 0 Å². The summed E-state index contributed by atoms with van der Waals surface area (Å²) in [4.78, 5) is 4.00. The van der Waals surface area contributed by atoms with Gasteiger partial charge in [-0.1, -0.05) is 23.7 Å². The number of halogens is 1. The van der Waals surface area contributed by atoms with E-state index in [1.165, 1.54) is 0 Å². The molecule has 21 heavy (non-hydrogen) atoms. The van der Waals surface area contributed by atoms with Crippen LogP contribution in [0.1, 0.15) is 5.56 Å². The van der Waals surface area contributed by atoms with Gasteiger partial charge in [0.05, 0.1) is 24.5 Å². The number of aromatic nitrogens is 2. The van der Waals surface area contributed by atoms with Gasteiger partial charge in [0.2, 0.25) is 0 Å². The van der Waals surface area contributed by atoms with E-state index in [0.717, 1.165) is 24.4 Å². The zero-order chi connectivity index (χ0) is 14.9. The molecule has 0 saturated carbocycles. The van der Waals surface area contributed by atoms with Crippen LogP contribution < -0.4 is 10.1 Å². The molecule has 0 aliphatic carbocycles. The molecule has 0 unspecified atom stereocenters. The Balaban J connectivity index is 1.90. The van der Waals surface area contributed by atoms with Gasteiger partial charge in [0.1, 0.15) is 12.4 Å². The third-order valence-corrected chi connectivity index (χ3v) is 3.30. The minimum absolute atomic E-state index is 0.547. The molecule has 2 aromatic rings. The highest BCUT2D eigenvalue weighted by molar-refractivity contribution is 6.32. The molecule has 0 bridgehead atoms. The minimum atomic E-state index is 0.547. The van der Waals surface area contributed by atoms with Crippen LogP contribution >= 0.6 is 11.6 Å². The summed E-state index contributed by atoms with van der Waals surface area (Å²) < 4.78 is 12.8. The number of ether oxygens (including phenoxy) is 2. The largest absolute Gasteiger partial charge is 0.490 e. The van der Waals surface area contributed by atoms with Gasteiger partial charge in [-0.25, -0.2) is 4.98 Å². The Morgan fingerprint density at radius 3 is 3.00 bits per heavy atom. The number of methoxy groups -OCH3 is 1. The fourth-order valence-electron chi connectivity index (χ4n) is 1.92. The predicted octanol–water partition coefficient (Wildman–Crippen LogP) is 2.35. The van der Waals surface area contributed by atoms with Gasteiger partial charge in [-0.3, -0.25) is 0 Å². The molecule has 5 nitrogen and oxygen atoms in total. The highest BCUT2D eigenvalue weighted by atomic mass is 35.5. The van der Waals surface area contributed by atoms with Crippen molar-refractivity contribution in [2.24, 2.45) is 0 Å². The van der Waals surface area contributed by atoms with Crippen molar-refractivity contribution in [1.29, 1.82) is 0 Å². The van der Waals surface area contributed by atoms with Gasteiger partial charge in [0.25, 0.3) is 0 Å². The lowest BCUT2D eigenvalue weighted by atomic mass is 10.2. The number of hydrogen-bond donors (Lipinski definition) is 1. The standard InChI is InChI=1S/C15H20ClN3O2/c1-20-9-6-17-11-13-3-2-4-14(16)15(13)21-10-8-19-7-5-18-12-19/h2-5,7,12,17H,6,8-11H2,1H3. The fourth-order valence-corrected chi connectivity index (χ4v) is 2.17. The molecular weight excluding hydrogens is 290 g/mol. The van der Waals surface area contributed by atoms with E-state index in [4.69, 9.17) is 21.1 Å². The number of hydrogen-bond acceptors (Lipinski definition) is 4. The van der Waals surface area contributed by atoms with Crippen LogP contribution in [0.5, 0.6) is 5.75 Å².